The largest absolute Gasteiger partial charge is 0.495 e. The van der Waals surface area contributed by atoms with Crippen molar-refractivity contribution in [1.29, 1.82) is 0 Å². The van der Waals surface area contributed by atoms with Crippen molar-refractivity contribution in [1.82, 2.24) is 4.31 Å². The smallest absolute Gasteiger partial charge is 0.243 e. The maximum Gasteiger partial charge on any atom is 0.243 e. The summed E-state index contributed by atoms with van der Waals surface area (Å²) in [5, 5.41) is 3.38. The van der Waals surface area contributed by atoms with Gasteiger partial charge in [0, 0.05) is 17.3 Å². The van der Waals surface area contributed by atoms with Crippen LogP contribution in [0.4, 0.5) is 5.69 Å². The molecule has 0 aliphatic heterocycles. The minimum absolute atomic E-state index is 0.0147. The summed E-state index contributed by atoms with van der Waals surface area (Å²) in [4.78, 5) is 12.6. The van der Waals surface area contributed by atoms with E-state index in [4.69, 9.17) is 27.9 Å². The van der Waals surface area contributed by atoms with Gasteiger partial charge in [-0.15, -0.1) is 0 Å². The zero-order valence-electron chi connectivity index (χ0n) is 16.6. The van der Waals surface area contributed by atoms with Crippen molar-refractivity contribution in [3.05, 3.63) is 88.4 Å². The molecule has 0 aliphatic carbocycles. The fourth-order valence-corrected chi connectivity index (χ4v) is 4.72. The number of nitrogens with one attached hydrogen (secondary N) is 1. The quantitative estimate of drug-likeness (QED) is 0.502. The van der Waals surface area contributed by atoms with Crippen LogP contribution in [-0.2, 0) is 21.4 Å². The molecule has 0 fully saturated rings. The van der Waals surface area contributed by atoms with Gasteiger partial charge in [0.2, 0.25) is 15.9 Å². The fraction of sp³-hybridized carbons (Fsp3) is 0.136. The van der Waals surface area contributed by atoms with Crippen LogP contribution in [0.2, 0.25) is 10.0 Å². The average Bonchev–Trinajstić information content (AvgIpc) is 2.75. The lowest BCUT2D eigenvalue weighted by Gasteiger charge is -2.22. The minimum Gasteiger partial charge on any atom is -0.495 e. The summed E-state index contributed by atoms with van der Waals surface area (Å²) in [5.41, 5.74) is 1.25. The predicted octanol–water partition coefficient (Wildman–Crippen LogP) is 4.83. The van der Waals surface area contributed by atoms with Gasteiger partial charge in [-0.3, -0.25) is 4.79 Å². The average molecular weight is 479 g/mol. The zero-order valence-corrected chi connectivity index (χ0v) is 18.9. The van der Waals surface area contributed by atoms with E-state index in [2.05, 4.69) is 5.32 Å². The maximum atomic E-state index is 13.4. The number of nitrogens with zero attached hydrogens (tertiary/aromatic N) is 1. The third-order valence-corrected chi connectivity index (χ3v) is 6.75. The molecule has 162 valence electrons. The number of carbonyl (C=O) groups excluding carboxylic acids is 1. The second kappa shape index (κ2) is 10.2. The molecule has 0 spiro atoms. The van der Waals surface area contributed by atoms with Crippen LogP contribution in [-0.4, -0.2) is 32.3 Å². The molecular weight excluding hydrogens is 459 g/mol. The molecule has 0 bridgehead atoms. The third kappa shape index (κ3) is 5.98. The van der Waals surface area contributed by atoms with E-state index in [9.17, 15) is 13.2 Å². The highest BCUT2D eigenvalue weighted by molar-refractivity contribution is 7.89. The lowest BCUT2D eigenvalue weighted by atomic mass is 10.2. The van der Waals surface area contributed by atoms with E-state index in [-0.39, 0.29) is 23.0 Å². The van der Waals surface area contributed by atoms with Gasteiger partial charge in [-0.05, 0) is 48.0 Å². The van der Waals surface area contributed by atoms with Gasteiger partial charge < -0.3 is 10.1 Å². The lowest BCUT2D eigenvalue weighted by molar-refractivity contribution is -0.116. The van der Waals surface area contributed by atoms with Crippen LogP contribution < -0.4 is 10.1 Å². The number of amides is 1. The molecule has 0 saturated heterocycles. The van der Waals surface area contributed by atoms with E-state index in [0.29, 0.717) is 16.5 Å². The summed E-state index contributed by atoms with van der Waals surface area (Å²) < 4.78 is 32.9. The first-order valence-electron chi connectivity index (χ1n) is 9.22. The molecule has 3 rings (SSSR count). The molecule has 0 atom stereocenters. The van der Waals surface area contributed by atoms with Gasteiger partial charge in [0.25, 0.3) is 0 Å². The Balaban J connectivity index is 1.88. The number of carbonyl (C=O) groups is 1. The Morgan fingerprint density at radius 1 is 1.00 bits per heavy atom. The zero-order chi connectivity index (χ0) is 22.4. The normalized spacial score (nSPS) is 11.4. The summed E-state index contributed by atoms with van der Waals surface area (Å²) in [6.45, 7) is -0.371. The molecule has 1 amide bonds. The van der Waals surface area contributed by atoms with Crippen LogP contribution in [0.25, 0.3) is 0 Å². The first-order valence-corrected chi connectivity index (χ1v) is 11.4. The van der Waals surface area contributed by atoms with Crippen molar-refractivity contribution in [2.75, 3.05) is 19.0 Å². The molecule has 0 saturated carbocycles. The van der Waals surface area contributed by atoms with Gasteiger partial charge in [-0.2, -0.15) is 4.31 Å². The number of hydrogen-bond donors (Lipinski definition) is 1. The Morgan fingerprint density at radius 2 is 1.68 bits per heavy atom. The highest BCUT2D eigenvalue weighted by Gasteiger charge is 2.27. The number of anilines is 1. The van der Waals surface area contributed by atoms with Crippen LogP contribution >= 0.6 is 23.2 Å². The van der Waals surface area contributed by atoms with Gasteiger partial charge in [-0.1, -0.05) is 53.5 Å². The van der Waals surface area contributed by atoms with E-state index >= 15 is 0 Å². The summed E-state index contributed by atoms with van der Waals surface area (Å²) in [6.07, 6.45) is 0. The highest BCUT2D eigenvalue weighted by Crippen LogP contribution is 2.29. The monoisotopic (exact) mass is 478 g/mol. The lowest BCUT2D eigenvalue weighted by Crippen LogP contribution is -2.37. The number of benzene rings is 3. The summed E-state index contributed by atoms with van der Waals surface area (Å²) >= 11 is 12.0. The van der Waals surface area contributed by atoms with Crippen molar-refractivity contribution in [3.8, 4) is 5.75 Å². The maximum absolute atomic E-state index is 13.4. The number of halogens is 2. The Morgan fingerprint density at radius 3 is 2.29 bits per heavy atom. The standard InChI is InChI=1S/C22H20Cl2N2O4S/c1-30-21-12-11-19(13-20(21)24)31(28,29)26(14-16-5-3-2-4-6-16)15-22(27)25-18-9-7-17(23)8-10-18/h2-13H,14-15H2,1H3,(H,25,27). The van der Waals surface area contributed by atoms with Gasteiger partial charge in [0.15, 0.2) is 0 Å². The molecule has 0 heterocycles. The number of rotatable bonds is 8. The summed E-state index contributed by atoms with van der Waals surface area (Å²) in [7, 11) is -2.59. The summed E-state index contributed by atoms with van der Waals surface area (Å²) in [5.74, 6) is -0.128. The van der Waals surface area contributed by atoms with E-state index in [1.165, 1.54) is 25.3 Å². The second-order valence-electron chi connectivity index (χ2n) is 6.61. The van der Waals surface area contributed by atoms with Crippen molar-refractivity contribution in [2.24, 2.45) is 0 Å². The van der Waals surface area contributed by atoms with Crippen molar-refractivity contribution in [3.63, 3.8) is 0 Å². The van der Waals surface area contributed by atoms with Crippen LogP contribution in [0.5, 0.6) is 5.75 Å². The van der Waals surface area contributed by atoms with E-state index in [1.807, 2.05) is 6.07 Å². The Bertz CT molecular complexity index is 1150. The van der Waals surface area contributed by atoms with Gasteiger partial charge in [0.1, 0.15) is 5.75 Å². The molecular formula is C22H20Cl2N2O4S. The molecule has 3 aromatic carbocycles. The molecule has 0 aromatic heterocycles. The van der Waals surface area contributed by atoms with E-state index < -0.39 is 15.9 Å². The Hall–Kier alpha value is -2.58. The van der Waals surface area contributed by atoms with Crippen molar-refractivity contribution >= 4 is 44.8 Å². The Labute approximate surface area is 191 Å². The van der Waals surface area contributed by atoms with Crippen LogP contribution in [0, 0.1) is 0 Å². The van der Waals surface area contributed by atoms with Crippen LogP contribution in [0.1, 0.15) is 5.56 Å². The van der Waals surface area contributed by atoms with Crippen molar-refractivity contribution < 1.29 is 17.9 Å². The minimum atomic E-state index is -4.03. The Kier molecular flexibility index (Phi) is 7.56. The van der Waals surface area contributed by atoms with Gasteiger partial charge in [0.05, 0.1) is 23.6 Å². The topological polar surface area (TPSA) is 75.7 Å². The first kappa shape index (κ1) is 23.1. The fourth-order valence-electron chi connectivity index (χ4n) is 2.86. The highest BCUT2D eigenvalue weighted by atomic mass is 35.5. The third-order valence-electron chi connectivity index (χ3n) is 4.41. The van der Waals surface area contributed by atoms with Gasteiger partial charge in [-0.25, -0.2) is 8.42 Å². The molecule has 9 heteroatoms. The molecule has 0 aliphatic rings. The number of hydrogen-bond acceptors (Lipinski definition) is 4. The second-order valence-corrected chi connectivity index (χ2v) is 9.39. The molecule has 6 nitrogen and oxygen atoms in total. The van der Waals surface area contributed by atoms with Crippen molar-refractivity contribution in [2.45, 2.75) is 11.4 Å². The van der Waals surface area contributed by atoms with Crippen LogP contribution in [0.15, 0.2) is 77.7 Å². The van der Waals surface area contributed by atoms with E-state index in [1.54, 1.807) is 48.5 Å². The SMILES string of the molecule is COc1ccc(S(=O)(=O)N(CC(=O)Nc2ccc(Cl)cc2)Cc2ccccc2)cc1Cl. The molecule has 0 radical (unpaired) electrons. The molecule has 0 unspecified atom stereocenters. The number of sulfonamides is 1. The number of ether oxygens (including phenoxy) is 1. The molecule has 31 heavy (non-hydrogen) atoms. The summed E-state index contributed by atoms with van der Waals surface area (Å²) in [6, 6.07) is 19.8. The van der Waals surface area contributed by atoms with E-state index in [0.717, 1.165) is 9.87 Å². The number of methoxy groups -OCH3 is 1. The molecule has 3 aromatic rings. The first-order chi connectivity index (χ1) is 14.8. The van der Waals surface area contributed by atoms with Crippen LogP contribution in [0.3, 0.4) is 0 Å². The molecule has 1 N–H and O–H groups in total. The van der Waals surface area contributed by atoms with Gasteiger partial charge >= 0.3 is 0 Å². The predicted molar refractivity (Wildman–Crippen MR) is 122 cm³/mol.